The molecule has 1 fully saturated rings. The SMILES string of the molecule is CNCc1ccnc2ccc(-c3ccc(F)c(F)c3OCCc3c(C(O)C4(C)CCC4)nn(C)c3C)cc12. The van der Waals surface area contributed by atoms with Crippen LogP contribution in [0.2, 0.25) is 0 Å². The maximum atomic E-state index is 15.1. The van der Waals surface area contributed by atoms with Crippen molar-refractivity contribution in [3.8, 4) is 16.9 Å². The Hall–Kier alpha value is -3.36. The summed E-state index contributed by atoms with van der Waals surface area (Å²) in [6, 6.07) is 10.3. The average Bonchev–Trinajstić information content (AvgIpc) is 3.18. The Labute approximate surface area is 221 Å². The predicted molar refractivity (Wildman–Crippen MR) is 144 cm³/mol. The molecule has 0 bridgehead atoms. The Morgan fingerprint density at radius 3 is 2.68 bits per heavy atom. The molecule has 1 saturated carbocycles. The van der Waals surface area contributed by atoms with E-state index in [1.54, 1.807) is 16.9 Å². The standard InChI is InChI=1S/C30H34F2N4O2/c1-18-21(27(35-36(18)4)29(37)30(2)12-5-13-30)11-15-38-28-22(7-8-24(31)26(28)32)19-6-9-25-23(16-19)20(17-33-3)10-14-34-25/h6-10,14,16,29,33,37H,5,11-13,15,17H2,1-4H3. The number of fused-ring (bicyclic) bond motifs is 1. The minimum atomic E-state index is -1.02. The first kappa shape index (κ1) is 26.3. The Bertz CT molecular complexity index is 1480. The van der Waals surface area contributed by atoms with E-state index in [4.69, 9.17) is 4.74 Å². The molecule has 6 nitrogen and oxygen atoms in total. The molecule has 2 aromatic heterocycles. The van der Waals surface area contributed by atoms with Crippen LogP contribution in [0.4, 0.5) is 8.78 Å². The minimum absolute atomic E-state index is 0.108. The number of aryl methyl sites for hydroxylation is 1. The molecule has 1 unspecified atom stereocenters. The lowest BCUT2D eigenvalue weighted by atomic mass is 9.65. The van der Waals surface area contributed by atoms with Crippen LogP contribution in [-0.2, 0) is 20.0 Å². The third-order valence-electron chi connectivity index (χ3n) is 8.06. The van der Waals surface area contributed by atoms with Gasteiger partial charge in [-0.1, -0.05) is 19.4 Å². The molecule has 4 aromatic rings. The number of nitrogens with one attached hydrogen (secondary N) is 1. The van der Waals surface area contributed by atoms with E-state index < -0.39 is 17.7 Å². The summed E-state index contributed by atoms with van der Waals surface area (Å²) in [5.74, 6) is -2.11. The number of nitrogens with zero attached hydrogens (tertiary/aromatic N) is 3. The zero-order valence-electron chi connectivity index (χ0n) is 22.3. The summed E-state index contributed by atoms with van der Waals surface area (Å²) in [6.45, 7) is 4.79. The van der Waals surface area contributed by atoms with Crippen molar-refractivity contribution >= 4 is 10.9 Å². The first-order valence-corrected chi connectivity index (χ1v) is 13.1. The molecule has 8 heteroatoms. The van der Waals surface area contributed by atoms with Crippen molar-refractivity contribution < 1.29 is 18.6 Å². The van der Waals surface area contributed by atoms with Crippen LogP contribution in [0.3, 0.4) is 0 Å². The smallest absolute Gasteiger partial charge is 0.201 e. The van der Waals surface area contributed by atoms with Gasteiger partial charge in [0.2, 0.25) is 5.82 Å². The van der Waals surface area contributed by atoms with Gasteiger partial charge in [0.05, 0.1) is 17.8 Å². The van der Waals surface area contributed by atoms with Gasteiger partial charge in [0.1, 0.15) is 6.10 Å². The maximum absolute atomic E-state index is 15.1. The van der Waals surface area contributed by atoms with Gasteiger partial charge in [-0.2, -0.15) is 9.49 Å². The monoisotopic (exact) mass is 520 g/mol. The van der Waals surface area contributed by atoms with E-state index in [1.165, 1.54) is 0 Å². The normalized spacial score (nSPS) is 15.4. The summed E-state index contributed by atoms with van der Waals surface area (Å²) in [4.78, 5) is 4.43. The van der Waals surface area contributed by atoms with Gasteiger partial charge in [0.15, 0.2) is 11.6 Å². The zero-order valence-corrected chi connectivity index (χ0v) is 22.3. The second kappa shape index (κ2) is 10.4. The van der Waals surface area contributed by atoms with E-state index in [1.807, 2.05) is 45.3 Å². The molecule has 1 aliphatic rings. The second-order valence-corrected chi connectivity index (χ2v) is 10.6. The highest BCUT2D eigenvalue weighted by Gasteiger charge is 2.42. The van der Waals surface area contributed by atoms with Crippen LogP contribution in [0, 0.1) is 24.0 Å². The van der Waals surface area contributed by atoms with Crippen LogP contribution in [0.15, 0.2) is 42.6 Å². The molecule has 0 aliphatic heterocycles. The van der Waals surface area contributed by atoms with Gasteiger partial charge in [0, 0.05) is 48.4 Å². The van der Waals surface area contributed by atoms with E-state index in [9.17, 15) is 9.50 Å². The fraction of sp³-hybridized carbons (Fsp3) is 0.400. The molecule has 0 spiro atoms. The summed E-state index contributed by atoms with van der Waals surface area (Å²) in [5, 5.41) is 19.8. The maximum Gasteiger partial charge on any atom is 0.201 e. The van der Waals surface area contributed by atoms with Crippen molar-refractivity contribution in [2.45, 2.75) is 52.2 Å². The zero-order chi connectivity index (χ0) is 27.0. The highest BCUT2D eigenvalue weighted by molar-refractivity contribution is 5.88. The third kappa shape index (κ3) is 4.67. The molecule has 0 amide bonds. The van der Waals surface area contributed by atoms with Gasteiger partial charge in [-0.15, -0.1) is 0 Å². The van der Waals surface area contributed by atoms with E-state index in [0.29, 0.717) is 29.8 Å². The van der Waals surface area contributed by atoms with Crippen LogP contribution in [0.25, 0.3) is 22.0 Å². The molecule has 0 radical (unpaired) electrons. The predicted octanol–water partition coefficient (Wildman–Crippen LogP) is 5.79. The topological polar surface area (TPSA) is 72.2 Å². The molecule has 2 aromatic carbocycles. The van der Waals surface area contributed by atoms with Crippen molar-refractivity contribution in [2.24, 2.45) is 12.5 Å². The summed E-state index contributed by atoms with van der Waals surface area (Å²) >= 11 is 0. The van der Waals surface area contributed by atoms with Crippen molar-refractivity contribution in [1.29, 1.82) is 0 Å². The number of aromatic nitrogens is 3. The van der Waals surface area contributed by atoms with Crippen LogP contribution in [-0.4, -0.2) is 33.5 Å². The molecule has 2 N–H and O–H groups in total. The van der Waals surface area contributed by atoms with Gasteiger partial charge < -0.3 is 15.2 Å². The van der Waals surface area contributed by atoms with Gasteiger partial charge in [-0.25, -0.2) is 4.39 Å². The van der Waals surface area contributed by atoms with Crippen LogP contribution in [0.1, 0.15) is 54.8 Å². The van der Waals surface area contributed by atoms with Crippen molar-refractivity contribution in [3.05, 3.63) is 76.7 Å². The highest BCUT2D eigenvalue weighted by Crippen LogP contribution is 2.50. The Kier molecular flexibility index (Phi) is 7.20. The number of aliphatic hydroxyl groups excluding tert-OH is 1. The van der Waals surface area contributed by atoms with E-state index in [0.717, 1.165) is 53.1 Å². The number of hydrogen-bond donors (Lipinski definition) is 2. The fourth-order valence-electron chi connectivity index (χ4n) is 5.42. The van der Waals surface area contributed by atoms with Gasteiger partial charge in [0.25, 0.3) is 0 Å². The van der Waals surface area contributed by atoms with E-state index >= 15 is 4.39 Å². The second-order valence-electron chi connectivity index (χ2n) is 10.6. The number of aliphatic hydroxyl groups is 1. The lowest BCUT2D eigenvalue weighted by molar-refractivity contribution is -0.0254. The van der Waals surface area contributed by atoms with Crippen molar-refractivity contribution in [3.63, 3.8) is 0 Å². The van der Waals surface area contributed by atoms with Gasteiger partial charge >= 0.3 is 0 Å². The Morgan fingerprint density at radius 2 is 1.97 bits per heavy atom. The number of ether oxygens (including phenoxy) is 1. The van der Waals surface area contributed by atoms with Crippen molar-refractivity contribution in [2.75, 3.05) is 13.7 Å². The molecular weight excluding hydrogens is 486 g/mol. The van der Waals surface area contributed by atoms with Crippen molar-refractivity contribution in [1.82, 2.24) is 20.1 Å². The summed E-state index contributed by atoms with van der Waals surface area (Å²) < 4.78 is 37.2. The molecule has 1 atom stereocenters. The third-order valence-corrected chi connectivity index (χ3v) is 8.06. The van der Waals surface area contributed by atoms with Crippen LogP contribution < -0.4 is 10.1 Å². The number of pyridine rings is 1. The number of benzene rings is 2. The van der Waals surface area contributed by atoms with Gasteiger partial charge in [-0.05, 0) is 73.7 Å². The summed E-state index contributed by atoms with van der Waals surface area (Å²) in [7, 11) is 3.72. The van der Waals surface area contributed by atoms with Crippen LogP contribution >= 0.6 is 0 Å². The van der Waals surface area contributed by atoms with E-state index in [2.05, 4.69) is 22.3 Å². The van der Waals surface area contributed by atoms with Crippen LogP contribution in [0.5, 0.6) is 5.75 Å². The summed E-state index contributed by atoms with van der Waals surface area (Å²) in [6.07, 6.45) is 4.50. The molecule has 38 heavy (non-hydrogen) atoms. The summed E-state index contributed by atoms with van der Waals surface area (Å²) in [5.41, 5.74) is 5.33. The Morgan fingerprint density at radius 1 is 1.18 bits per heavy atom. The quantitative estimate of drug-likeness (QED) is 0.292. The lowest BCUT2D eigenvalue weighted by Gasteiger charge is -2.42. The number of rotatable bonds is 9. The van der Waals surface area contributed by atoms with E-state index in [-0.39, 0.29) is 17.8 Å². The fourth-order valence-corrected chi connectivity index (χ4v) is 5.42. The number of hydrogen-bond acceptors (Lipinski definition) is 5. The van der Waals surface area contributed by atoms with Gasteiger partial charge in [-0.3, -0.25) is 9.67 Å². The first-order chi connectivity index (χ1) is 18.2. The minimum Gasteiger partial charge on any atom is -0.489 e. The molecule has 0 saturated heterocycles. The highest BCUT2D eigenvalue weighted by atomic mass is 19.2. The molecule has 1 aliphatic carbocycles. The lowest BCUT2D eigenvalue weighted by Crippen LogP contribution is -2.33. The Balaban J connectivity index is 1.45. The largest absolute Gasteiger partial charge is 0.489 e. The molecular formula is C30H34F2N4O2. The molecule has 2 heterocycles. The number of halogens is 2. The molecule has 5 rings (SSSR count). The average molecular weight is 521 g/mol. The molecule has 200 valence electrons. The first-order valence-electron chi connectivity index (χ1n) is 13.1.